The molecule has 1 aromatic rings. The van der Waals surface area contributed by atoms with Crippen LogP contribution in [0.25, 0.3) is 0 Å². The molecule has 1 aliphatic carbocycles. The number of fused-ring (bicyclic) bond motifs is 3. The first-order chi connectivity index (χ1) is 10.1. The topological polar surface area (TPSA) is 54.6 Å². The second-order valence-electron chi connectivity index (χ2n) is 5.79. The van der Waals surface area contributed by atoms with E-state index in [0.717, 1.165) is 47.6 Å². The minimum atomic E-state index is -0.0850. The van der Waals surface area contributed by atoms with Gasteiger partial charge in [0.15, 0.2) is 5.76 Å². The molecule has 1 aromatic heterocycles. The van der Waals surface area contributed by atoms with Crippen LogP contribution in [0.5, 0.6) is 0 Å². The summed E-state index contributed by atoms with van der Waals surface area (Å²) in [6.45, 7) is 6.88. The van der Waals surface area contributed by atoms with Crippen molar-refractivity contribution in [3.05, 3.63) is 22.6 Å². The Bertz CT molecular complexity index is 591. The molecule has 1 aliphatic heterocycles. The lowest BCUT2D eigenvalue weighted by Gasteiger charge is -2.22. The highest BCUT2D eigenvalue weighted by Gasteiger charge is 2.39. The molecular weight excluding hydrogens is 284 g/mol. The van der Waals surface area contributed by atoms with Crippen molar-refractivity contribution in [3.63, 3.8) is 0 Å². The predicted molar refractivity (Wildman–Crippen MR) is 86.2 cm³/mol. The van der Waals surface area contributed by atoms with Crippen LogP contribution in [0.1, 0.15) is 66.6 Å². The van der Waals surface area contributed by atoms with Crippen molar-refractivity contribution in [2.45, 2.75) is 57.7 Å². The van der Waals surface area contributed by atoms with Gasteiger partial charge in [-0.05, 0) is 26.7 Å². The molecule has 0 bridgehead atoms. The van der Waals surface area contributed by atoms with Crippen molar-refractivity contribution >= 4 is 22.7 Å². The zero-order chi connectivity index (χ0) is 15.0. The molecule has 2 atom stereocenters. The minimum absolute atomic E-state index is 0.0850. The average Bonchev–Trinajstić information content (AvgIpc) is 2.98. The van der Waals surface area contributed by atoms with E-state index in [1.165, 1.54) is 0 Å². The monoisotopic (exact) mass is 306 g/mol. The molecule has 5 heteroatoms. The maximum absolute atomic E-state index is 12.3. The number of aliphatic imine (C=N–C) groups is 1. The number of amides is 1. The van der Waals surface area contributed by atoms with E-state index in [1.807, 2.05) is 18.7 Å². The zero-order valence-corrected chi connectivity index (χ0v) is 13.7. The van der Waals surface area contributed by atoms with Gasteiger partial charge in [0.25, 0.3) is 5.91 Å². The molecule has 1 amide bonds. The number of carbonyl (C=O) groups is 1. The summed E-state index contributed by atoms with van der Waals surface area (Å²) in [7, 11) is 0. The lowest BCUT2D eigenvalue weighted by Crippen LogP contribution is -2.24. The summed E-state index contributed by atoms with van der Waals surface area (Å²) in [4.78, 5) is 17.0. The number of rotatable bonds is 4. The Balaban J connectivity index is 1.86. The molecule has 114 valence electrons. The average molecular weight is 306 g/mol. The summed E-state index contributed by atoms with van der Waals surface area (Å²) >= 11 is 1.86. The Kier molecular flexibility index (Phi) is 4.11. The van der Waals surface area contributed by atoms with E-state index >= 15 is 0 Å². The van der Waals surface area contributed by atoms with Crippen LogP contribution < -0.4 is 5.32 Å². The Hall–Kier alpha value is -1.23. The number of nitrogens with zero attached hydrogens (tertiary/aromatic N) is 1. The Labute approximate surface area is 129 Å². The van der Waals surface area contributed by atoms with E-state index < -0.39 is 0 Å². The molecule has 21 heavy (non-hydrogen) atoms. The number of hydrogen-bond acceptors (Lipinski definition) is 4. The first kappa shape index (κ1) is 14.7. The van der Waals surface area contributed by atoms with Crippen LogP contribution in [-0.4, -0.2) is 22.7 Å². The van der Waals surface area contributed by atoms with Gasteiger partial charge in [0.05, 0.1) is 11.1 Å². The molecule has 0 spiro atoms. The van der Waals surface area contributed by atoms with Gasteiger partial charge in [0.1, 0.15) is 5.76 Å². The van der Waals surface area contributed by atoms with Gasteiger partial charge in [-0.3, -0.25) is 9.79 Å². The molecule has 0 fully saturated rings. The number of hydrogen-bond donors (Lipinski definition) is 1. The predicted octanol–water partition coefficient (Wildman–Crippen LogP) is 3.64. The maximum Gasteiger partial charge on any atom is 0.287 e. The highest BCUT2D eigenvalue weighted by atomic mass is 32.2. The third-order valence-corrected chi connectivity index (χ3v) is 5.48. The molecule has 4 nitrogen and oxygen atoms in total. The van der Waals surface area contributed by atoms with E-state index in [0.29, 0.717) is 17.6 Å². The lowest BCUT2D eigenvalue weighted by molar-refractivity contribution is 0.0922. The smallest absolute Gasteiger partial charge is 0.287 e. The van der Waals surface area contributed by atoms with Crippen LogP contribution in [-0.2, 0) is 6.42 Å². The first-order valence-electron chi connectivity index (χ1n) is 7.73. The molecule has 3 rings (SSSR count). The molecule has 0 saturated heterocycles. The normalized spacial score (nSPS) is 23.5. The lowest BCUT2D eigenvalue weighted by atomic mass is 9.90. The van der Waals surface area contributed by atoms with E-state index in [-0.39, 0.29) is 11.9 Å². The van der Waals surface area contributed by atoms with E-state index in [9.17, 15) is 4.79 Å². The SMILES string of the molecule is CCCCNC(=O)c1oc2c(c1C)C1N=C(C)SC1CC2. The van der Waals surface area contributed by atoms with E-state index in [2.05, 4.69) is 19.2 Å². The molecule has 0 saturated carbocycles. The van der Waals surface area contributed by atoms with Gasteiger partial charge in [-0.1, -0.05) is 13.3 Å². The Morgan fingerprint density at radius 3 is 3.05 bits per heavy atom. The van der Waals surface area contributed by atoms with Gasteiger partial charge in [0.2, 0.25) is 0 Å². The van der Waals surface area contributed by atoms with Crippen LogP contribution in [0.2, 0.25) is 0 Å². The fraction of sp³-hybridized carbons (Fsp3) is 0.625. The van der Waals surface area contributed by atoms with Gasteiger partial charge >= 0.3 is 0 Å². The molecular formula is C16H22N2O2S. The number of thioether (sulfide) groups is 1. The summed E-state index contributed by atoms with van der Waals surface area (Å²) in [5.41, 5.74) is 2.14. The quantitative estimate of drug-likeness (QED) is 0.864. The van der Waals surface area contributed by atoms with Crippen molar-refractivity contribution < 1.29 is 9.21 Å². The van der Waals surface area contributed by atoms with Gasteiger partial charge in [0, 0.05) is 29.3 Å². The number of unbranched alkanes of at least 4 members (excludes halogenated alkanes) is 1. The standard InChI is InChI=1S/C16H22N2O2S/c1-4-5-8-17-16(19)15-9(2)13-11(20-15)6-7-12-14(13)18-10(3)21-12/h12,14H,4-8H2,1-3H3,(H,17,19). The second kappa shape index (κ2) is 5.87. The molecule has 1 N–H and O–H groups in total. The highest BCUT2D eigenvalue weighted by Crippen LogP contribution is 2.47. The van der Waals surface area contributed by atoms with Crippen molar-refractivity contribution in [3.8, 4) is 0 Å². The summed E-state index contributed by atoms with van der Waals surface area (Å²) < 4.78 is 5.88. The minimum Gasteiger partial charge on any atom is -0.455 e. The molecule has 2 heterocycles. The third-order valence-electron chi connectivity index (χ3n) is 4.24. The van der Waals surface area contributed by atoms with Crippen LogP contribution in [0.3, 0.4) is 0 Å². The second-order valence-corrected chi connectivity index (χ2v) is 7.22. The Morgan fingerprint density at radius 1 is 1.48 bits per heavy atom. The summed E-state index contributed by atoms with van der Waals surface area (Å²) in [5, 5.41) is 4.61. The fourth-order valence-corrected chi connectivity index (χ4v) is 4.34. The van der Waals surface area contributed by atoms with Gasteiger partial charge in [-0.15, -0.1) is 11.8 Å². The van der Waals surface area contributed by atoms with Crippen molar-refractivity contribution in [1.82, 2.24) is 5.32 Å². The summed E-state index contributed by atoms with van der Waals surface area (Å²) in [6.07, 6.45) is 4.06. The number of carbonyl (C=O) groups excluding carboxylic acids is 1. The maximum atomic E-state index is 12.3. The van der Waals surface area contributed by atoms with Gasteiger partial charge in [-0.2, -0.15) is 0 Å². The molecule has 0 radical (unpaired) electrons. The van der Waals surface area contributed by atoms with Crippen LogP contribution >= 0.6 is 11.8 Å². The van der Waals surface area contributed by atoms with Crippen LogP contribution in [0, 0.1) is 6.92 Å². The third kappa shape index (κ3) is 2.63. The number of aryl methyl sites for hydroxylation is 1. The first-order valence-corrected chi connectivity index (χ1v) is 8.61. The zero-order valence-electron chi connectivity index (χ0n) is 12.9. The van der Waals surface area contributed by atoms with Crippen LogP contribution in [0.15, 0.2) is 9.41 Å². The molecule has 0 aromatic carbocycles. The van der Waals surface area contributed by atoms with Crippen molar-refractivity contribution in [2.75, 3.05) is 6.54 Å². The molecule has 2 aliphatic rings. The summed E-state index contributed by atoms with van der Waals surface area (Å²) in [5.74, 6) is 1.37. The van der Waals surface area contributed by atoms with E-state index in [4.69, 9.17) is 9.41 Å². The van der Waals surface area contributed by atoms with Crippen molar-refractivity contribution in [1.29, 1.82) is 0 Å². The van der Waals surface area contributed by atoms with Crippen molar-refractivity contribution in [2.24, 2.45) is 4.99 Å². The van der Waals surface area contributed by atoms with E-state index in [1.54, 1.807) is 0 Å². The fourth-order valence-electron chi connectivity index (χ4n) is 3.17. The summed E-state index contributed by atoms with van der Waals surface area (Å²) in [6, 6.07) is 0.180. The van der Waals surface area contributed by atoms with Gasteiger partial charge in [-0.25, -0.2) is 0 Å². The highest BCUT2D eigenvalue weighted by molar-refractivity contribution is 8.14. The van der Waals surface area contributed by atoms with Gasteiger partial charge < -0.3 is 9.73 Å². The number of nitrogens with one attached hydrogen (secondary N) is 1. The van der Waals surface area contributed by atoms with Crippen LogP contribution in [0.4, 0.5) is 0 Å². The number of furan rings is 1. The Morgan fingerprint density at radius 2 is 2.29 bits per heavy atom. The molecule has 2 unspecified atom stereocenters. The largest absolute Gasteiger partial charge is 0.455 e.